The minimum absolute atomic E-state index is 0.0313. The molecule has 1 N–H and O–H groups in total. The average Bonchev–Trinajstić information content (AvgIpc) is 2.74. The van der Waals surface area contributed by atoms with E-state index in [1.54, 1.807) is 42.5 Å². The molecule has 0 saturated carbocycles. The highest BCUT2D eigenvalue weighted by Crippen LogP contribution is 2.28. The molecule has 0 aliphatic carbocycles. The van der Waals surface area contributed by atoms with Gasteiger partial charge in [0.2, 0.25) is 0 Å². The fourth-order valence-electron chi connectivity index (χ4n) is 2.70. The smallest absolute Gasteiger partial charge is 0.266 e. The summed E-state index contributed by atoms with van der Waals surface area (Å²) in [4.78, 5) is 12.5. The Hall–Kier alpha value is -2.78. The molecule has 0 aliphatic heterocycles. The number of hydrogen-bond donors (Lipinski definition) is 1. The van der Waals surface area contributed by atoms with E-state index in [1.807, 2.05) is 31.2 Å². The van der Waals surface area contributed by atoms with Gasteiger partial charge in [0, 0.05) is 15.7 Å². The van der Waals surface area contributed by atoms with Gasteiger partial charge in [0.25, 0.3) is 5.91 Å². The van der Waals surface area contributed by atoms with Crippen LogP contribution in [0.4, 0.5) is 5.69 Å². The van der Waals surface area contributed by atoms with Gasteiger partial charge in [-0.25, -0.2) is 0 Å². The molecule has 1 amide bonds. The molecule has 0 unspecified atom stereocenters. The van der Waals surface area contributed by atoms with Crippen molar-refractivity contribution >= 4 is 56.8 Å². The third kappa shape index (κ3) is 6.35. The molecule has 0 fully saturated rings. The van der Waals surface area contributed by atoms with Gasteiger partial charge in [0.05, 0.1) is 4.47 Å². The van der Waals surface area contributed by atoms with Gasteiger partial charge >= 0.3 is 0 Å². The van der Waals surface area contributed by atoms with Crippen LogP contribution in [0.1, 0.15) is 16.7 Å². The van der Waals surface area contributed by atoms with Gasteiger partial charge in [-0.15, -0.1) is 0 Å². The van der Waals surface area contributed by atoms with Crippen LogP contribution in [0.5, 0.6) is 5.75 Å². The summed E-state index contributed by atoms with van der Waals surface area (Å²) in [5, 5.41) is 13.3. The lowest BCUT2D eigenvalue weighted by Gasteiger charge is -2.10. The molecule has 0 radical (unpaired) electrons. The number of nitrogens with zero attached hydrogens (tertiary/aromatic N) is 1. The summed E-state index contributed by atoms with van der Waals surface area (Å²) in [5.41, 5.74) is 3.01. The molecule has 0 atom stereocenters. The molecule has 3 aromatic carbocycles. The first-order chi connectivity index (χ1) is 14.9. The molecule has 0 aromatic heterocycles. The Labute approximate surface area is 199 Å². The molecule has 0 saturated heterocycles. The summed E-state index contributed by atoms with van der Waals surface area (Å²) in [7, 11) is 0. The lowest BCUT2D eigenvalue weighted by atomic mass is 10.1. The van der Waals surface area contributed by atoms with Crippen LogP contribution in [-0.2, 0) is 11.4 Å². The largest absolute Gasteiger partial charge is 0.488 e. The number of nitriles is 1. The van der Waals surface area contributed by atoms with Gasteiger partial charge in [-0.2, -0.15) is 5.26 Å². The highest BCUT2D eigenvalue weighted by Gasteiger charge is 2.11. The first-order valence-electron chi connectivity index (χ1n) is 9.22. The van der Waals surface area contributed by atoms with Gasteiger partial charge in [-0.05, 0) is 82.0 Å². The first kappa shape index (κ1) is 22.9. The average molecular weight is 516 g/mol. The highest BCUT2D eigenvalue weighted by molar-refractivity contribution is 9.10. The molecular weight excluding hydrogens is 499 g/mol. The summed E-state index contributed by atoms with van der Waals surface area (Å²) in [6, 6.07) is 19.9. The molecule has 0 bridgehead atoms. The SMILES string of the molecule is Cc1ccc(NC(=O)/C(C#N)=C/c2ccc(OCc3cccc(Cl)c3)c(Br)c2)cc1Cl. The predicted molar refractivity (Wildman–Crippen MR) is 128 cm³/mol. The molecule has 0 aliphatic rings. The Morgan fingerprint density at radius 3 is 2.65 bits per heavy atom. The number of rotatable bonds is 6. The maximum Gasteiger partial charge on any atom is 0.266 e. The second-order valence-electron chi connectivity index (χ2n) is 6.70. The predicted octanol–water partition coefficient (Wildman–Crippen LogP) is 7.19. The Morgan fingerprint density at radius 1 is 1.16 bits per heavy atom. The van der Waals surface area contributed by atoms with Crippen LogP contribution in [0.15, 0.2) is 70.7 Å². The van der Waals surface area contributed by atoms with Crippen LogP contribution in [0, 0.1) is 18.3 Å². The normalized spacial score (nSPS) is 11.0. The van der Waals surface area contributed by atoms with Crippen molar-refractivity contribution in [3.05, 3.63) is 97.4 Å². The Kier molecular flexibility index (Phi) is 7.75. The number of carbonyl (C=O) groups is 1. The lowest BCUT2D eigenvalue weighted by molar-refractivity contribution is -0.112. The van der Waals surface area contributed by atoms with Crippen LogP contribution in [0.25, 0.3) is 6.08 Å². The standard InChI is InChI=1S/C24H17BrCl2N2O2/c1-15-5-7-20(12-22(15)27)29-24(30)18(13-28)9-16-6-8-23(21(25)11-16)31-14-17-3-2-4-19(26)10-17/h2-12H,14H2,1H3,(H,29,30)/b18-9+. The van der Waals surface area contributed by atoms with Crippen LogP contribution < -0.4 is 10.1 Å². The third-order valence-electron chi connectivity index (χ3n) is 4.35. The maximum absolute atomic E-state index is 12.5. The van der Waals surface area contributed by atoms with Crippen molar-refractivity contribution in [3.63, 3.8) is 0 Å². The van der Waals surface area contributed by atoms with E-state index >= 15 is 0 Å². The number of halogens is 3. The number of aryl methyl sites for hydroxylation is 1. The topological polar surface area (TPSA) is 62.1 Å². The molecule has 3 aromatic rings. The minimum Gasteiger partial charge on any atom is -0.488 e. The van der Waals surface area contributed by atoms with Gasteiger partial charge in [0.15, 0.2) is 0 Å². The van der Waals surface area contributed by atoms with Gasteiger partial charge in [0.1, 0.15) is 24.0 Å². The zero-order valence-electron chi connectivity index (χ0n) is 16.5. The minimum atomic E-state index is -0.514. The second-order valence-corrected chi connectivity index (χ2v) is 8.39. The molecular formula is C24H17BrCl2N2O2. The van der Waals surface area contributed by atoms with Gasteiger partial charge < -0.3 is 10.1 Å². The molecule has 156 valence electrons. The number of nitrogens with one attached hydrogen (secondary N) is 1. The van der Waals surface area contributed by atoms with E-state index in [1.165, 1.54) is 6.08 Å². The van der Waals surface area contributed by atoms with E-state index in [9.17, 15) is 10.1 Å². The van der Waals surface area contributed by atoms with E-state index in [2.05, 4.69) is 21.2 Å². The molecule has 0 spiro atoms. The quantitative estimate of drug-likeness (QED) is 0.279. The van der Waals surface area contributed by atoms with E-state index in [0.717, 1.165) is 11.1 Å². The number of amides is 1. The fraction of sp³-hybridized carbons (Fsp3) is 0.0833. The Bertz CT molecular complexity index is 1200. The molecule has 7 heteroatoms. The van der Waals surface area contributed by atoms with Crippen molar-refractivity contribution in [2.24, 2.45) is 0 Å². The molecule has 0 heterocycles. The number of benzene rings is 3. The molecule has 4 nitrogen and oxygen atoms in total. The van der Waals surface area contributed by atoms with Crippen molar-refractivity contribution in [2.75, 3.05) is 5.32 Å². The third-order valence-corrected chi connectivity index (χ3v) is 5.61. The summed E-state index contributed by atoms with van der Waals surface area (Å²) >= 11 is 15.6. The van der Waals surface area contributed by atoms with Crippen LogP contribution >= 0.6 is 39.1 Å². The zero-order valence-corrected chi connectivity index (χ0v) is 19.6. The zero-order chi connectivity index (χ0) is 22.4. The Morgan fingerprint density at radius 2 is 1.97 bits per heavy atom. The van der Waals surface area contributed by atoms with Crippen LogP contribution in [-0.4, -0.2) is 5.91 Å². The van der Waals surface area contributed by atoms with E-state index in [4.69, 9.17) is 27.9 Å². The summed E-state index contributed by atoms with van der Waals surface area (Å²) < 4.78 is 6.53. The van der Waals surface area contributed by atoms with Crippen molar-refractivity contribution in [1.82, 2.24) is 0 Å². The summed E-state index contributed by atoms with van der Waals surface area (Å²) in [6.45, 7) is 2.23. The summed E-state index contributed by atoms with van der Waals surface area (Å²) in [5.74, 6) is 0.120. The number of hydrogen-bond acceptors (Lipinski definition) is 3. The number of ether oxygens (including phenoxy) is 1. The van der Waals surface area contributed by atoms with Crippen molar-refractivity contribution in [2.45, 2.75) is 13.5 Å². The Balaban J connectivity index is 1.71. The van der Waals surface area contributed by atoms with E-state index in [-0.39, 0.29) is 5.57 Å². The highest BCUT2D eigenvalue weighted by atomic mass is 79.9. The lowest BCUT2D eigenvalue weighted by Crippen LogP contribution is -2.13. The molecule has 31 heavy (non-hydrogen) atoms. The van der Waals surface area contributed by atoms with Crippen LogP contribution in [0.3, 0.4) is 0 Å². The number of carbonyl (C=O) groups excluding carboxylic acids is 1. The summed E-state index contributed by atoms with van der Waals surface area (Å²) in [6.07, 6.45) is 1.51. The fourth-order valence-corrected chi connectivity index (χ4v) is 3.60. The maximum atomic E-state index is 12.5. The van der Waals surface area contributed by atoms with E-state index in [0.29, 0.717) is 38.1 Å². The van der Waals surface area contributed by atoms with Crippen molar-refractivity contribution < 1.29 is 9.53 Å². The van der Waals surface area contributed by atoms with Gasteiger partial charge in [-0.1, -0.05) is 47.5 Å². The van der Waals surface area contributed by atoms with Crippen LogP contribution in [0.2, 0.25) is 10.0 Å². The monoisotopic (exact) mass is 514 g/mol. The van der Waals surface area contributed by atoms with Crippen molar-refractivity contribution in [3.8, 4) is 11.8 Å². The van der Waals surface area contributed by atoms with E-state index < -0.39 is 5.91 Å². The van der Waals surface area contributed by atoms with Gasteiger partial charge in [-0.3, -0.25) is 4.79 Å². The molecule has 3 rings (SSSR count). The first-order valence-corrected chi connectivity index (χ1v) is 10.8. The number of anilines is 1. The van der Waals surface area contributed by atoms with Crippen molar-refractivity contribution in [1.29, 1.82) is 5.26 Å². The second kappa shape index (κ2) is 10.5.